The molecule has 3 rings (SSSR count). The second-order valence-electron chi connectivity index (χ2n) is 4.04. The van der Waals surface area contributed by atoms with E-state index in [9.17, 15) is 0 Å². The second-order valence-corrected chi connectivity index (χ2v) is 5.30. The number of fused-ring (bicyclic) bond motifs is 1. The lowest BCUT2D eigenvalue weighted by atomic mass is 10.3. The number of aromatic amines is 1. The van der Waals surface area contributed by atoms with Gasteiger partial charge in [-0.3, -0.25) is 0 Å². The van der Waals surface area contributed by atoms with Gasteiger partial charge < -0.3 is 10.7 Å². The normalized spacial score (nSPS) is 11.2. The summed E-state index contributed by atoms with van der Waals surface area (Å²) in [7, 11) is 0. The number of anilines is 1. The summed E-state index contributed by atoms with van der Waals surface area (Å²) >= 11 is 1.73. The van der Waals surface area contributed by atoms with Crippen molar-refractivity contribution in [1.82, 2.24) is 15.0 Å². The van der Waals surface area contributed by atoms with E-state index in [1.54, 1.807) is 17.4 Å². The molecule has 0 radical (unpaired) electrons. The van der Waals surface area contributed by atoms with Crippen LogP contribution in [0.2, 0.25) is 0 Å². The van der Waals surface area contributed by atoms with Crippen molar-refractivity contribution in [2.45, 2.75) is 13.8 Å². The molecule has 0 aliphatic carbocycles. The third-order valence-electron chi connectivity index (χ3n) is 2.77. The Labute approximate surface area is 103 Å². The fourth-order valence-corrected chi connectivity index (χ4v) is 2.69. The van der Waals surface area contributed by atoms with Crippen molar-refractivity contribution < 1.29 is 0 Å². The molecule has 3 aromatic heterocycles. The first kappa shape index (κ1) is 10.3. The fourth-order valence-electron chi connectivity index (χ4n) is 1.71. The van der Waals surface area contributed by atoms with Crippen molar-refractivity contribution in [3.63, 3.8) is 0 Å². The first-order valence-electron chi connectivity index (χ1n) is 5.33. The van der Waals surface area contributed by atoms with E-state index in [0.717, 1.165) is 16.2 Å². The molecule has 0 amide bonds. The highest BCUT2D eigenvalue weighted by Gasteiger charge is 2.09. The molecule has 0 aromatic carbocycles. The highest BCUT2D eigenvalue weighted by molar-refractivity contribution is 7.15. The van der Waals surface area contributed by atoms with Gasteiger partial charge in [-0.05, 0) is 37.6 Å². The summed E-state index contributed by atoms with van der Waals surface area (Å²) in [6, 6.07) is 5.82. The Kier molecular flexibility index (Phi) is 2.16. The summed E-state index contributed by atoms with van der Waals surface area (Å²) in [5.74, 6) is 1.35. The Morgan fingerprint density at radius 2 is 2.06 bits per heavy atom. The molecular formula is C12H12N4S. The zero-order chi connectivity index (χ0) is 12.0. The third-order valence-corrected chi connectivity index (χ3v) is 3.93. The van der Waals surface area contributed by atoms with E-state index in [-0.39, 0.29) is 0 Å². The Bertz CT molecular complexity index is 676. The minimum Gasteiger partial charge on any atom is -0.384 e. The summed E-state index contributed by atoms with van der Waals surface area (Å²) in [5, 5.41) is 0. The van der Waals surface area contributed by atoms with Gasteiger partial charge in [-0.25, -0.2) is 9.97 Å². The minimum atomic E-state index is 0.495. The topological polar surface area (TPSA) is 67.6 Å². The van der Waals surface area contributed by atoms with Gasteiger partial charge in [0, 0.05) is 4.88 Å². The zero-order valence-corrected chi connectivity index (χ0v) is 10.4. The van der Waals surface area contributed by atoms with Crippen LogP contribution in [0.15, 0.2) is 18.2 Å². The smallest absolute Gasteiger partial charge is 0.180 e. The molecule has 0 fully saturated rings. The lowest BCUT2D eigenvalue weighted by Crippen LogP contribution is -1.88. The molecule has 0 spiro atoms. The Morgan fingerprint density at radius 1 is 1.24 bits per heavy atom. The van der Waals surface area contributed by atoms with Crippen molar-refractivity contribution >= 4 is 28.3 Å². The van der Waals surface area contributed by atoms with Crippen LogP contribution in [0, 0.1) is 13.8 Å². The maximum Gasteiger partial charge on any atom is 0.180 e. The number of aryl methyl sites for hydroxylation is 2. The van der Waals surface area contributed by atoms with Gasteiger partial charge in [0.2, 0.25) is 0 Å². The standard InChI is InChI=1S/C12H12N4S/c1-6-5-9(17-7(6)2)12-14-8-3-4-10(13)15-11(8)16-12/h3-5H,1-2H3,(H3,13,14,15,16). The van der Waals surface area contributed by atoms with Crippen molar-refractivity contribution in [3.8, 4) is 10.7 Å². The Hall–Kier alpha value is -1.88. The Morgan fingerprint density at radius 3 is 2.76 bits per heavy atom. The molecule has 3 heterocycles. The van der Waals surface area contributed by atoms with Crippen LogP contribution in [0.25, 0.3) is 21.9 Å². The lowest BCUT2D eigenvalue weighted by molar-refractivity contribution is 1.31. The quantitative estimate of drug-likeness (QED) is 0.691. The van der Waals surface area contributed by atoms with Gasteiger partial charge in [-0.2, -0.15) is 0 Å². The van der Waals surface area contributed by atoms with Crippen LogP contribution in [-0.2, 0) is 0 Å². The van der Waals surface area contributed by atoms with Crippen molar-refractivity contribution in [1.29, 1.82) is 0 Å². The summed E-state index contributed by atoms with van der Waals surface area (Å²) in [4.78, 5) is 14.4. The van der Waals surface area contributed by atoms with Crippen LogP contribution in [0.1, 0.15) is 10.4 Å². The van der Waals surface area contributed by atoms with Gasteiger partial charge in [0.1, 0.15) is 5.82 Å². The number of hydrogen-bond donors (Lipinski definition) is 2. The number of aromatic nitrogens is 3. The van der Waals surface area contributed by atoms with E-state index in [0.29, 0.717) is 11.5 Å². The minimum absolute atomic E-state index is 0.495. The number of nitrogens with one attached hydrogen (secondary N) is 1. The number of rotatable bonds is 1. The van der Waals surface area contributed by atoms with Gasteiger partial charge in [0.05, 0.1) is 10.4 Å². The number of pyridine rings is 1. The second kappa shape index (κ2) is 3.56. The molecule has 0 aliphatic rings. The largest absolute Gasteiger partial charge is 0.384 e. The highest BCUT2D eigenvalue weighted by Crippen LogP contribution is 2.29. The van der Waals surface area contributed by atoms with Crippen LogP contribution in [-0.4, -0.2) is 15.0 Å². The first-order chi connectivity index (χ1) is 8.13. The predicted octanol–water partition coefficient (Wildman–Crippen LogP) is 2.89. The number of H-pyrrole nitrogens is 1. The summed E-state index contributed by atoms with van der Waals surface area (Å²) in [6.07, 6.45) is 0. The van der Waals surface area contributed by atoms with Crippen LogP contribution in [0.4, 0.5) is 5.82 Å². The summed E-state index contributed by atoms with van der Waals surface area (Å²) in [6.45, 7) is 4.22. The number of thiophene rings is 1. The first-order valence-corrected chi connectivity index (χ1v) is 6.15. The van der Waals surface area contributed by atoms with Crippen molar-refractivity contribution in [2.24, 2.45) is 0 Å². The third kappa shape index (κ3) is 1.68. The average molecular weight is 244 g/mol. The van der Waals surface area contributed by atoms with Gasteiger partial charge in [-0.15, -0.1) is 11.3 Å². The molecule has 0 saturated carbocycles. The predicted molar refractivity (Wildman–Crippen MR) is 71.1 cm³/mol. The molecular weight excluding hydrogens is 232 g/mol. The van der Waals surface area contributed by atoms with E-state index < -0.39 is 0 Å². The number of nitrogen functional groups attached to an aromatic ring is 1. The van der Waals surface area contributed by atoms with E-state index >= 15 is 0 Å². The Balaban J connectivity index is 2.17. The zero-order valence-electron chi connectivity index (χ0n) is 9.61. The molecule has 17 heavy (non-hydrogen) atoms. The van der Waals surface area contributed by atoms with E-state index in [1.807, 2.05) is 6.07 Å². The number of hydrogen-bond acceptors (Lipinski definition) is 4. The molecule has 0 unspecified atom stereocenters. The summed E-state index contributed by atoms with van der Waals surface area (Å²) in [5.41, 5.74) is 8.51. The highest BCUT2D eigenvalue weighted by atomic mass is 32.1. The summed E-state index contributed by atoms with van der Waals surface area (Å²) < 4.78 is 0. The number of imidazole rings is 1. The molecule has 5 heteroatoms. The van der Waals surface area contributed by atoms with Gasteiger partial charge in [0.15, 0.2) is 11.5 Å². The monoisotopic (exact) mass is 244 g/mol. The fraction of sp³-hybridized carbons (Fsp3) is 0.167. The van der Waals surface area contributed by atoms with Crippen LogP contribution < -0.4 is 5.73 Å². The van der Waals surface area contributed by atoms with Crippen LogP contribution in [0.5, 0.6) is 0 Å². The number of nitrogens with two attached hydrogens (primary N) is 1. The molecule has 0 atom stereocenters. The van der Waals surface area contributed by atoms with Gasteiger partial charge in [0.25, 0.3) is 0 Å². The van der Waals surface area contributed by atoms with Crippen molar-refractivity contribution in [3.05, 3.63) is 28.6 Å². The molecule has 0 aliphatic heterocycles. The SMILES string of the molecule is Cc1cc(-c2nc3nc(N)ccc3[nH]2)sc1C. The van der Waals surface area contributed by atoms with E-state index in [1.165, 1.54) is 10.4 Å². The molecule has 3 N–H and O–H groups in total. The maximum atomic E-state index is 5.64. The van der Waals surface area contributed by atoms with E-state index in [2.05, 4.69) is 34.9 Å². The van der Waals surface area contributed by atoms with Crippen LogP contribution >= 0.6 is 11.3 Å². The van der Waals surface area contributed by atoms with Crippen LogP contribution in [0.3, 0.4) is 0 Å². The van der Waals surface area contributed by atoms with Gasteiger partial charge >= 0.3 is 0 Å². The molecule has 0 saturated heterocycles. The lowest BCUT2D eigenvalue weighted by Gasteiger charge is -1.88. The van der Waals surface area contributed by atoms with E-state index in [4.69, 9.17) is 5.73 Å². The maximum absolute atomic E-state index is 5.64. The molecule has 3 aromatic rings. The molecule has 86 valence electrons. The average Bonchev–Trinajstić information content (AvgIpc) is 2.83. The van der Waals surface area contributed by atoms with Crippen molar-refractivity contribution in [2.75, 3.05) is 5.73 Å². The molecule has 0 bridgehead atoms. The molecule has 4 nitrogen and oxygen atoms in total. The van der Waals surface area contributed by atoms with Gasteiger partial charge in [-0.1, -0.05) is 0 Å². The number of nitrogens with zero attached hydrogens (tertiary/aromatic N) is 2.